The fourth-order valence-electron chi connectivity index (χ4n) is 4.26. The number of carbonyl (C=O) groups excluding carboxylic acids is 1. The van der Waals surface area contributed by atoms with Crippen molar-refractivity contribution in [3.05, 3.63) is 89.5 Å². The average molecular weight is 478 g/mol. The highest BCUT2D eigenvalue weighted by Crippen LogP contribution is 2.21. The van der Waals surface area contributed by atoms with Gasteiger partial charge in [0.15, 0.2) is 0 Å². The van der Waals surface area contributed by atoms with Crippen molar-refractivity contribution < 1.29 is 13.2 Å². The first-order valence-electron chi connectivity index (χ1n) is 11.6. The molecule has 1 atom stereocenters. The summed E-state index contributed by atoms with van der Waals surface area (Å²) in [6.45, 7) is 7.28. The van der Waals surface area contributed by atoms with Gasteiger partial charge >= 0.3 is 0 Å². The first-order valence-corrected chi connectivity index (χ1v) is 13.1. The summed E-state index contributed by atoms with van der Waals surface area (Å²) in [5.41, 5.74) is 3.67. The van der Waals surface area contributed by atoms with Crippen LogP contribution in [0.1, 0.15) is 41.3 Å². The normalized spacial score (nSPS) is 16.7. The van der Waals surface area contributed by atoms with Gasteiger partial charge in [-0.05, 0) is 85.8 Å². The molecule has 1 saturated heterocycles. The van der Waals surface area contributed by atoms with Gasteiger partial charge in [0.25, 0.3) is 15.9 Å². The van der Waals surface area contributed by atoms with E-state index in [-0.39, 0.29) is 10.8 Å². The van der Waals surface area contributed by atoms with Crippen LogP contribution in [0, 0.1) is 12.8 Å². The van der Waals surface area contributed by atoms with Crippen LogP contribution >= 0.6 is 0 Å². The maximum atomic E-state index is 12.7. The maximum absolute atomic E-state index is 12.7. The Balaban J connectivity index is 1.36. The third kappa shape index (κ3) is 6.04. The molecular weight excluding hydrogens is 446 g/mol. The largest absolute Gasteiger partial charge is 0.322 e. The highest BCUT2D eigenvalue weighted by Gasteiger charge is 2.17. The minimum Gasteiger partial charge on any atom is -0.322 e. The van der Waals surface area contributed by atoms with E-state index in [4.69, 9.17) is 0 Å². The Morgan fingerprint density at radius 3 is 2.38 bits per heavy atom. The lowest BCUT2D eigenvalue weighted by Crippen LogP contribution is -2.33. The standard InChI is InChI=1S/C27H31N3O3S/c1-20-6-5-17-30(18-20)19-22-9-11-23(12-10-22)27(31)28-24-13-15-25(16-14-24)34(32,33)29-26-8-4-3-7-21(26)2/h3-4,7-16,20,29H,5-6,17-19H2,1-2H3,(H,28,31). The molecule has 3 aromatic carbocycles. The minimum absolute atomic E-state index is 0.130. The third-order valence-corrected chi connectivity index (χ3v) is 7.56. The van der Waals surface area contributed by atoms with Crippen LogP contribution in [0.2, 0.25) is 0 Å². The quantitative estimate of drug-likeness (QED) is 0.485. The van der Waals surface area contributed by atoms with Gasteiger partial charge in [-0.15, -0.1) is 0 Å². The van der Waals surface area contributed by atoms with E-state index in [1.165, 1.54) is 30.5 Å². The first-order chi connectivity index (χ1) is 16.3. The molecule has 0 saturated carbocycles. The molecular formula is C27H31N3O3S. The number of amides is 1. The van der Waals surface area contributed by atoms with Crippen LogP contribution < -0.4 is 10.0 Å². The summed E-state index contributed by atoms with van der Waals surface area (Å²) in [6.07, 6.45) is 2.54. The maximum Gasteiger partial charge on any atom is 0.261 e. The van der Waals surface area contributed by atoms with Crippen LogP contribution in [0.15, 0.2) is 77.7 Å². The monoisotopic (exact) mass is 477 g/mol. The lowest BCUT2D eigenvalue weighted by molar-refractivity contribution is 0.102. The summed E-state index contributed by atoms with van der Waals surface area (Å²) in [6, 6.07) is 21.0. The number of hydrogen-bond acceptors (Lipinski definition) is 4. The lowest BCUT2D eigenvalue weighted by atomic mass is 9.99. The molecule has 1 fully saturated rings. The summed E-state index contributed by atoms with van der Waals surface area (Å²) in [5.74, 6) is 0.505. The highest BCUT2D eigenvalue weighted by molar-refractivity contribution is 7.92. The van der Waals surface area contributed by atoms with Gasteiger partial charge in [0, 0.05) is 24.3 Å². The Hall–Kier alpha value is -3.16. The summed E-state index contributed by atoms with van der Waals surface area (Å²) >= 11 is 0. The molecule has 1 aliphatic rings. The van der Waals surface area contributed by atoms with Crippen LogP contribution in [0.5, 0.6) is 0 Å². The predicted octanol–water partition coefficient (Wildman–Crippen LogP) is 5.28. The number of nitrogens with one attached hydrogen (secondary N) is 2. The molecule has 0 aliphatic carbocycles. The zero-order valence-corrected chi connectivity index (χ0v) is 20.4. The van der Waals surface area contributed by atoms with Gasteiger partial charge in [-0.1, -0.05) is 37.3 Å². The number of para-hydroxylation sites is 1. The number of sulfonamides is 1. The van der Waals surface area contributed by atoms with Gasteiger partial charge in [0.1, 0.15) is 0 Å². The van der Waals surface area contributed by atoms with Crippen LogP contribution in [-0.2, 0) is 16.6 Å². The molecule has 34 heavy (non-hydrogen) atoms. The highest BCUT2D eigenvalue weighted by atomic mass is 32.2. The van der Waals surface area contributed by atoms with E-state index >= 15 is 0 Å². The van der Waals surface area contributed by atoms with Crippen molar-refractivity contribution in [2.24, 2.45) is 5.92 Å². The Morgan fingerprint density at radius 1 is 1.00 bits per heavy atom. The SMILES string of the molecule is Cc1ccccc1NS(=O)(=O)c1ccc(NC(=O)c2ccc(CN3CCCC(C)C3)cc2)cc1. The lowest BCUT2D eigenvalue weighted by Gasteiger charge is -2.30. The van der Waals surface area contributed by atoms with E-state index in [9.17, 15) is 13.2 Å². The molecule has 7 heteroatoms. The van der Waals surface area contributed by atoms with Gasteiger partial charge < -0.3 is 5.32 Å². The Bertz CT molecular complexity index is 1240. The molecule has 1 aliphatic heterocycles. The number of benzene rings is 3. The van der Waals surface area contributed by atoms with Crippen LogP contribution in [0.3, 0.4) is 0 Å². The molecule has 3 aromatic rings. The second kappa shape index (κ2) is 10.4. The second-order valence-electron chi connectivity index (χ2n) is 9.08. The van der Waals surface area contributed by atoms with Crippen molar-refractivity contribution in [3.63, 3.8) is 0 Å². The third-order valence-electron chi connectivity index (χ3n) is 6.18. The van der Waals surface area contributed by atoms with Gasteiger partial charge in [-0.25, -0.2) is 8.42 Å². The van der Waals surface area contributed by atoms with Crippen molar-refractivity contribution >= 4 is 27.3 Å². The molecule has 1 amide bonds. The number of rotatable bonds is 7. The molecule has 2 N–H and O–H groups in total. The van der Waals surface area contributed by atoms with Gasteiger partial charge in [0.05, 0.1) is 10.6 Å². The van der Waals surface area contributed by atoms with Crippen molar-refractivity contribution in [2.45, 2.75) is 38.1 Å². The predicted molar refractivity (Wildman–Crippen MR) is 136 cm³/mol. The fraction of sp³-hybridized carbons (Fsp3) is 0.296. The van der Waals surface area contributed by atoms with Gasteiger partial charge in [-0.3, -0.25) is 14.4 Å². The molecule has 6 nitrogen and oxygen atoms in total. The number of carbonyl (C=O) groups is 1. The number of nitrogens with zero attached hydrogens (tertiary/aromatic N) is 1. The fourth-order valence-corrected chi connectivity index (χ4v) is 5.39. The molecule has 1 unspecified atom stereocenters. The molecule has 178 valence electrons. The van der Waals surface area contributed by atoms with Gasteiger partial charge in [0.2, 0.25) is 0 Å². The molecule has 0 spiro atoms. The zero-order valence-electron chi connectivity index (χ0n) is 19.6. The van der Waals surface area contributed by atoms with E-state index in [1.54, 1.807) is 24.3 Å². The molecule has 0 radical (unpaired) electrons. The van der Waals surface area contributed by atoms with Crippen LogP contribution in [-0.4, -0.2) is 32.3 Å². The Labute approximate surface area is 202 Å². The Morgan fingerprint density at radius 2 is 1.71 bits per heavy atom. The first kappa shape index (κ1) is 24.0. The average Bonchev–Trinajstić information content (AvgIpc) is 2.81. The number of anilines is 2. The topological polar surface area (TPSA) is 78.5 Å². The molecule has 0 bridgehead atoms. The number of aryl methyl sites for hydroxylation is 1. The molecule has 4 rings (SSSR count). The number of hydrogen-bond donors (Lipinski definition) is 2. The van der Waals surface area contributed by atoms with Crippen LogP contribution in [0.25, 0.3) is 0 Å². The summed E-state index contributed by atoms with van der Waals surface area (Å²) in [4.78, 5) is 15.3. The minimum atomic E-state index is -3.72. The number of piperidine rings is 1. The van der Waals surface area contributed by atoms with E-state index in [0.717, 1.165) is 31.1 Å². The summed E-state index contributed by atoms with van der Waals surface area (Å²) in [7, 11) is -3.72. The summed E-state index contributed by atoms with van der Waals surface area (Å²) < 4.78 is 28.0. The zero-order chi connectivity index (χ0) is 24.1. The van der Waals surface area contributed by atoms with Crippen molar-refractivity contribution in [3.8, 4) is 0 Å². The van der Waals surface area contributed by atoms with Crippen molar-refractivity contribution in [1.82, 2.24) is 4.90 Å². The summed E-state index contributed by atoms with van der Waals surface area (Å²) in [5, 5.41) is 2.84. The van der Waals surface area contributed by atoms with E-state index < -0.39 is 10.0 Å². The molecule has 1 heterocycles. The van der Waals surface area contributed by atoms with Crippen LogP contribution in [0.4, 0.5) is 11.4 Å². The molecule has 0 aromatic heterocycles. The second-order valence-corrected chi connectivity index (χ2v) is 10.8. The van der Waals surface area contributed by atoms with Crippen molar-refractivity contribution in [1.29, 1.82) is 0 Å². The van der Waals surface area contributed by atoms with Gasteiger partial charge in [-0.2, -0.15) is 0 Å². The van der Waals surface area contributed by atoms with Crippen molar-refractivity contribution in [2.75, 3.05) is 23.1 Å². The van der Waals surface area contributed by atoms with E-state index in [0.29, 0.717) is 16.9 Å². The Kier molecular flexibility index (Phi) is 7.34. The number of likely N-dealkylation sites (tertiary alicyclic amines) is 1. The van der Waals surface area contributed by atoms with E-state index in [2.05, 4.69) is 21.9 Å². The smallest absolute Gasteiger partial charge is 0.261 e. The van der Waals surface area contributed by atoms with E-state index in [1.807, 2.05) is 43.3 Å².